The van der Waals surface area contributed by atoms with Crippen LogP contribution in [-0.2, 0) is 23.8 Å². The highest BCUT2D eigenvalue weighted by molar-refractivity contribution is 6.16. The Balaban J connectivity index is 2.03. The van der Waals surface area contributed by atoms with Crippen molar-refractivity contribution in [2.75, 3.05) is 24.7 Å². The highest BCUT2D eigenvalue weighted by Gasteiger charge is 2.54. The third-order valence-electron chi connectivity index (χ3n) is 4.68. The molecule has 3 heterocycles. The quantitative estimate of drug-likeness (QED) is 0.514. The largest absolute Gasteiger partial charge is 0.463 e. The third-order valence-corrected chi connectivity index (χ3v) is 4.68. The molecule has 2 aromatic heterocycles. The maximum atomic E-state index is 11.7. The standard InChI is InChI=1S/C16H23BN6O5/c1-7(24)26-5-9-11(27-8(2)25)16(3,17)14(28-9)23-6-20-10-12(19-4)21-15(18)22-13(10)23/h6,9,11,14H,5,17H2,1-4H3,(H3,18,19,21,22)/t9?,11-,14?,16-/m1/s1. The van der Waals surface area contributed by atoms with Gasteiger partial charge in [0, 0.05) is 26.2 Å². The van der Waals surface area contributed by atoms with Gasteiger partial charge in [-0.05, 0) is 0 Å². The SMILES string of the molecule is B[C@@]1(C)C(n2cnc3c(NC)nc(N)nc32)OC(COC(C)=O)[C@H]1OC(C)=O. The van der Waals surface area contributed by atoms with Crippen molar-refractivity contribution < 1.29 is 23.8 Å². The minimum atomic E-state index is -0.677. The van der Waals surface area contributed by atoms with Crippen LogP contribution in [0.3, 0.4) is 0 Å². The molecule has 0 amide bonds. The molecule has 1 aliphatic heterocycles. The lowest BCUT2D eigenvalue weighted by Crippen LogP contribution is -2.38. The molecule has 0 bridgehead atoms. The first-order valence-electron chi connectivity index (χ1n) is 8.79. The monoisotopic (exact) mass is 390 g/mol. The Kier molecular flexibility index (Phi) is 5.15. The van der Waals surface area contributed by atoms with Crippen LogP contribution in [0.2, 0.25) is 5.31 Å². The van der Waals surface area contributed by atoms with Gasteiger partial charge in [0.25, 0.3) is 0 Å². The Bertz CT molecular complexity index is 916. The van der Waals surface area contributed by atoms with E-state index < -0.39 is 35.7 Å². The Morgan fingerprint density at radius 1 is 1.39 bits per heavy atom. The van der Waals surface area contributed by atoms with Crippen molar-refractivity contribution >= 4 is 42.7 Å². The molecule has 12 heteroatoms. The van der Waals surface area contributed by atoms with E-state index in [9.17, 15) is 9.59 Å². The predicted molar refractivity (Wildman–Crippen MR) is 102 cm³/mol. The number of nitrogens with zero attached hydrogens (tertiary/aromatic N) is 4. The molecule has 1 fully saturated rings. The first-order valence-corrected chi connectivity index (χ1v) is 8.79. The summed E-state index contributed by atoms with van der Waals surface area (Å²) in [6.45, 7) is 4.49. The van der Waals surface area contributed by atoms with Gasteiger partial charge in [0.15, 0.2) is 17.0 Å². The second kappa shape index (κ2) is 7.26. The molecule has 2 aromatic rings. The maximum Gasteiger partial charge on any atom is 0.302 e. The van der Waals surface area contributed by atoms with Crippen LogP contribution in [0.25, 0.3) is 11.2 Å². The van der Waals surface area contributed by atoms with Gasteiger partial charge >= 0.3 is 11.9 Å². The number of fused-ring (bicyclic) bond motifs is 1. The number of nitrogens with one attached hydrogen (secondary N) is 1. The van der Waals surface area contributed by atoms with Gasteiger partial charge in [-0.2, -0.15) is 9.97 Å². The average Bonchev–Trinajstić information content (AvgIpc) is 3.11. The van der Waals surface area contributed by atoms with Crippen LogP contribution in [0.5, 0.6) is 0 Å². The van der Waals surface area contributed by atoms with E-state index in [0.717, 1.165) is 0 Å². The zero-order valence-electron chi connectivity index (χ0n) is 16.4. The molecule has 150 valence electrons. The van der Waals surface area contributed by atoms with Gasteiger partial charge in [0.1, 0.15) is 32.9 Å². The third kappa shape index (κ3) is 3.47. The number of nitrogens with two attached hydrogens (primary N) is 1. The summed E-state index contributed by atoms with van der Waals surface area (Å²) in [5.41, 5.74) is 6.83. The lowest BCUT2D eigenvalue weighted by molar-refractivity contribution is -0.155. The number of hydrogen-bond acceptors (Lipinski definition) is 10. The molecule has 0 spiro atoms. The van der Waals surface area contributed by atoms with Gasteiger partial charge in [-0.25, -0.2) is 4.98 Å². The number of anilines is 2. The summed E-state index contributed by atoms with van der Waals surface area (Å²) in [5.74, 6) is -0.319. The van der Waals surface area contributed by atoms with Crippen molar-refractivity contribution in [1.82, 2.24) is 19.5 Å². The molecule has 1 saturated heterocycles. The van der Waals surface area contributed by atoms with E-state index in [0.29, 0.717) is 17.0 Å². The van der Waals surface area contributed by atoms with Crippen LogP contribution >= 0.6 is 0 Å². The topological polar surface area (TPSA) is 143 Å². The van der Waals surface area contributed by atoms with Gasteiger partial charge < -0.3 is 25.3 Å². The zero-order valence-corrected chi connectivity index (χ0v) is 16.4. The van der Waals surface area contributed by atoms with E-state index in [1.54, 1.807) is 17.9 Å². The van der Waals surface area contributed by atoms with Crippen molar-refractivity contribution in [2.24, 2.45) is 0 Å². The number of esters is 2. The van der Waals surface area contributed by atoms with Gasteiger partial charge in [0.2, 0.25) is 5.95 Å². The van der Waals surface area contributed by atoms with Gasteiger partial charge in [0.05, 0.1) is 6.33 Å². The van der Waals surface area contributed by atoms with Gasteiger partial charge in [-0.3, -0.25) is 14.2 Å². The minimum absolute atomic E-state index is 0.0429. The van der Waals surface area contributed by atoms with E-state index >= 15 is 0 Å². The Morgan fingerprint density at radius 2 is 2.11 bits per heavy atom. The fraction of sp³-hybridized carbons (Fsp3) is 0.562. The summed E-state index contributed by atoms with van der Waals surface area (Å²) in [7, 11) is 3.61. The van der Waals surface area contributed by atoms with Crippen LogP contribution < -0.4 is 11.1 Å². The number of carbonyl (C=O) groups is 2. The second-order valence-corrected chi connectivity index (χ2v) is 7.19. The van der Waals surface area contributed by atoms with Crippen LogP contribution in [0.15, 0.2) is 6.33 Å². The van der Waals surface area contributed by atoms with E-state index in [1.807, 2.05) is 14.8 Å². The van der Waals surface area contributed by atoms with Crippen molar-refractivity contribution in [2.45, 2.75) is 44.5 Å². The molecule has 3 rings (SSSR count). The number of carbonyl (C=O) groups excluding carboxylic acids is 2. The van der Waals surface area contributed by atoms with Gasteiger partial charge in [-0.1, -0.05) is 6.92 Å². The highest BCUT2D eigenvalue weighted by atomic mass is 16.6. The van der Waals surface area contributed by atoms with Crippen LogP contribution in [0.1, 0.15) is 27.0 Å². The first-order chi connectivity index (χ1) is 13.1. The Labute approximate surface area is 162 Å². The predicted octanol–water partition coefficient (Wildman–Crippen LogP) is -0.346. The normalized spacial score (nSPS) is 26.9. The summed E-state index contributed by atoms with van der Waals surface area (Å²) in [6, 6.07) is 0. The lowest BCUT2D eigenvalue weighted by Gasteiger charge is -2.31. The molecule has 3 N–H and O–H groups in total. The van der Waals surface area contributed by atoms with Crippen LogP contribution in [0.4, 0.5) is 11.8 Å². The van der Waals surface area contributed by atoms with Crippen molar-refractivity contribution in [1.29, 1.82) is 0 Å². The smallest absolute Gasteiger partial charge is 0.302 e. The van der Waals surface area contributed by atoms with E-state index in [1.165, 1.54) is 13.8 Å². The number of hydrogen-bond donors (Lipinski definition) is 2. The lowest BCUT2D eigenvalue weighted by atomic mass is 9.65. The highest BCUT2D eigenvalue weighted by Crippen LogP contribution is 2.51. The molecule has 28 heavy (non-hydrogen) atoms. The summed E-state index contributed by atoms with van der Waals surface area (Å²) in [4.78, 5) is 35.7. The molecule has 11 nitrogen and oxygen atoms in total. The summed E-state index contributed by atoms with van der Waals surface area (Å²) in [5, 5.41) is 2.26. The molecular formula is C16H23BN6O5. The molecule has 0 saturated carbocycles. The fourth-order valence-corrected chi connectivity index (χ4v) is 3.47. The number of ether oxygens (including phenoxy) is 3. The average molecular weight is 390 g/mol. The fourth-order valence-electron chi connectivity index (χ4n) is 3.47. The Morgan fingerprint density at radius 3 is 2.71 bits per heavy atom. The van der Waals surface area contributed by atoms with Crippen molar-refractivity contribution in [3.05, 3.63) is 6.33 Å². The van der Waals surface area contributed by atoms with Crippen LogP contribution in [0, 0.1) is 0 Å². The summed E-state index contributed by atoms with van der Waals surface area (Å²) in [6.07, 6.45) is -0.310. The number of rotatable bonds is 5. The van der Waals surface area contributed by atoms with E-state index in [4.69, 9.17) is 19.9 Å². The summed E-state index contributed by atoms with van der Waals surface area (Å²) >= 11 is 0. The molecular weight excluding hydrogens is 367 g/mol. The number of nitrogen functional groups attached to an aromatic ring is 1. The molecule has 0 aromatic carbocycles. The minimum Gasteiger partial charge on any atom is -0.463 e. The number of imidazole rings is 1. The molecule has 4 atom stereocenters. The molecule has 0 radical (unpaired) electrons. The van der Waals surface area contributed by atoms with Crippen molar-refractivity contribution in [3.8, 4) is 0 Å². The molecule has 1 aliphatic rings. The molecule has 2 unspecified atom stereocenters. The van der Waals surface area contributed by atoms with E-state index in [-0.39, 0.29) is 12.6 Å². The molecule has 0 aliphatic carbocycles. The maximum absolute atomic E-state index is 11.7. The summed E-state index contributed by atoms with van der Waals surface area (Å²) < 4.78 is 18.5. The van der Waals surface area contributed by atoms with Crippen LogP contribution in [-0.4, -0.2) is 65.2 Å². The number of aromatic nitrogens is 4. The zero-order chi connectivity index (χ0) is 20.6. The van der Waals surface area contributed by atoms with Crippen molar-refractivity contribution in [3.63, 3.8) is 0 Å². The van der Waals surface area contributed by atoms with E-state index in [2.05, 4.69) is 20.3 Å². The first kappa shape index (κ1) is 19.9. The Hall–Kier alpha value is -2.89. The van der Waals surface area contributed by atoms with Gasteiger partial charge in [-0.15, -0.1) is 0 Å². The second-order valence-electron chi connectivity index (χ2n) is 7.19.